The van der Waals surface area contributed by atoms with Gasteiger partial charge in [0, 0.05) is 62.4 Å². The van der Waals surface area contributed by atoms with Gasteiger partial charge in [-0.1, -0.05) is 102 Å². The van der Waals surface area contributed by atoms with E-state index < -0.39 is 23.9 Å². The van der Waals surface area contributed by atoms with Gasteiger partial charge in [-0.05, 0) is 61.2 Å². The smallest absolute Gasteiger partial charge is 0.226 e. The van der Waals surface area contributed by atoms with Crippen molar-refractivity contribution in [2.24, 2.45) is 34.2 Å². The number of Topliss-reactive ketones (excluding diaryl/α,β-unsaturated/α-hetero) is 2. The summed E-state index contributed by atoms with van der Waals surface area (Å²) in [6.45, 7) is 9.06. The number of allylic oxidation sites excluding steroid dienone is 1. The average Bonchev–Trinajstić information content (AvgIpc) is 3.69. The summed E-state index contributed by atoms with van der Waals surface area (Å²) in [5.74, 6) is -0.966. The normalized spacial score (nSPS) is 18.4. The quantitative estimate of drug-likeness (QED) is 0.0749. The van der Waals surface area contributed by atoms with Gasteiger partial charge in [0.25, 0.3) is 0 Å². The van der Waals surface area contributed by atoms with E-state index in [0.717, 1.165) is 24.8 Å². The van der Waals surface area contributed by atoms with Crippen LogP contribution in [0.2, 0.25) is 0 Å². The van der Waals surface area contributed by atoms with E-state index in [-0.39, 0.29) is 69.1 Å². The number of nitrogens with two attached hydrogens (primary N) is 3. The molecule has 2 aliphatic rings. The van der Waals surface area contributed by atoms with E-state index >= 15 is 0 Å². The number of oxime groups is 1. The van der Waals surface area contributed by atoms with Gasteiger partial charge < -0.3 is 41.7 Å². The molecule has 4 atom stereocenters. The van der Waals surface area contributed by atoms with E-state index in [2.05, 4.69) is 24.0 Å². The summed E-state index contributed by atoms with van der Waals surface area (Å²) in [4.78, 5) is 63.2. The monoisotopic (exact) mass is 845 g/mol. The number of amides is 2. The summed E-state index contributed by atoms with van der Waals surface area (Å²) in [6.07, 6.45) is 14.3. The van der Waals surface area contributed by atoms with Crippen LogP contribution in [0.4, 0.5) is 0 Å². The van der Waals surface area contributed by atoms with Crippen LogP contribution in [0.1, 0.15) is 134 Å². The summed E-state index contributed by atoms with van der Waals surface area (Å²) < 4.78 is 12.3. The predicted octanol–water partition coefficient (Wildman–Crippen LogP) is 7.08. The van der Waals surface area contributed by atoms with Crippen LogP contribution in [-0.4, -0.2) is 79.9 Å². The van der Waals surface area contributed by atoms with E-state index in [1.807, 2.05) is 24.3 Å². The summed E-state index contributed by atoms with van der Waals surface area (Å²) >= 11 is 0. The molecule has 7 N–H and O–H groups in total. The van der Waals surface area contributed by atoms with Gasteiger partial charge in [-0.15, -0.1) is 0 Å². The van der Waals surface area contributed by atoms with E-state index in [1.165, 1.54) is 56.3 Å². The maximum Gasteiger partial charge on any atom is 0.226 e. The molecule has 61 heavy (non-hydrogen) atoms. The van der Waals surface area contributed by atoms with Gasteiger partial charge >= 0.3 is 0 Å². The molecule has 4 bridgehead atoms. The Hall–Kier alpha value is -4.59. The van der Waals surface area contributed by atoms with Crippen molar-refractivity contribution in [1.82, 2.24) is 10.2 Å². The fraction of sp³-hybridized carbons (Fsp3) is 0.604. The summed E-state index contributed by atoms with van der Waals surface area (Å²) in [5, 5.41) is 7.33. The number of benzene rings is 2. The minimum absolute atomic E-state index is 0.0164. The molecule has 0 unspecified atom stereocenters. The topological polar surface area (TPSA) is 202 Å². The second-order valence-corrected chi connectivity index (χ2v) is 16.7. The number of unbranched alkanes of at least 4 members (excludes halogenated alkanes) is 10. The zero-order chi connectivity index (χ0) is 44.1. The molecule has 0 fully saturated rings. The lowest BCUT2D eigenvalue weighted by molar-refractivity contribution is -0.143. The van der Waals surface area contributed by atoms with Gasteiger partial charge in [-0.25, -0.2) is 0 Å². The zero-order valence-corrected chi connectivity index (χ0v) is 37.0. The van der Waals surface area contributed by atoms with E-state index in [4.69, 9.17) is 31.5 Å². The van der Waals surface area contributed by atoms with Gasteiger partial charge in [0.05, 0.1) is 18.2 Å². The highest BCUT2D eigenvalue weighted by molar-refractivity contribution is 5.98. The number of nitrogens with one attached hydrogen (secondary N) is 1. The van der Waals surface area contributed by atoms with Crippen molar-refractivity contribution in [2.75, 3.05) is 39.9 Å². The van der Waals surface area contributed by atoms with Crippen LogP contribution in [0.15, 0.2) is 53.9 Å². The highest BCUT2D eigenvalue weighted by Gasteiger charge is 2.36. The molecule has 0 spiro atoms. The number of hydrogen-bond acceptors (Lipinski definition) is 11. The third-order valence-corrected chi connectivity index (χ3v) is 11.6. The van der Waals surface area contributed by atoms with Crippen molar-refractivity contribution in [1.29, 1.82) is 0 Å². The molecule has 0 saturated heterocycles. The molecular weight excluding hydrogens is 773 g/mol. The van der Waals surface area contributed by atoms with Gasteiger partial charge in [0.1, 0.15) is 42.3 Å². The molecule has 4 rings (SSSR count). The lowest BCUT2D eigenvalue weighted by Gasteiger charge is -2.32. The first-order valence-electron chi connectivity index (χ1n) is 22.7. The highest BCUT2D eigenvalue weighted by Crippen LogP contribution is 2.41. The predicted molar refractivity (Wildman–Crippen MR) is 241 cm³/mol. The third kappa shape index (κ3) is 15.1. The molecule has 0 radical (unpaired) electrons. The number of likely N-dealkylation sites (N-methyl/N-ethyl adjacent to an activating group) is 1. The molecular formula is C48H72N6O7. The maximum absolute atomic E-state index is 14.6. The standard InChI is InChI=1S/C48H72N6O7/c1-5-6-7-8-9-10-11-12-13-14-15-16-38(55)31-37(21-22-49)48(58)54(4)46-36-18-20-45(60-26-24-51)40(32-36)39-29-35(17-19-44(39)59-25-23-50)30-41(42-28-34(3)61-53-42)52-47(57)33(2)27-43(46)56/h17-20,29,32-33,37,41,46H,3,5-16,21-28,30-31,49-51H2,1-2,4H3,(H,52,57)/t33-,37-,41+,46+/m1/s1. The van der Waals surface area contributed by atoms with Crippen LogP contribution >= 0.6 is 0 Å². The minimum Gasteiger partial charge on any atom is -0.492 e. The summed E-state index contributed by atoms with van der Waals surface area (Å²) in [7, 11) is 1.59. The fourth-order valence-electron chi connectivity index (χ4n) is 8.23. The SMILES string of the molecule is C=C1CC([C@@H]2Cc3ccc(OCCN)c(c3)-c3cc(ccc3OCCN)[C@H](N(C)C(=O)[C@H](CCN)CC(=O)CCCCCCCCCCCCC)C(=O)C[C@@H](C)C(=O)N2)=NO1. The largest absolute Gasteiger partial charge is 0.492 e. The number of ether oxygens (including phenoxy) is 2. The second-order valence-electron chi connectivity index (χ2n) is 16.7. The molecule has 13 heteroatoms. The van der Waals surface area contributed by atoms with Crippen LogP contribution in [-0.2, 0) is 30.4 Å². The Labute approximate surface area is 363 Å². The van der Waals surface area contributed by atoms with E-state index in [1.54, 1.807) is 26.1 Å². The molecule has 0 aromatic heterocycles. The Morgan fingerprint density at radius 1 is 0.869 bits per heavy atom. The first kappa shape index (κ1) is 49.1. The van der Waals surface area contributed by atoms with Crippen molar-refractivity contribution in [3.05, 3.63) is 59.9 Å². The number of fused-ring (bicyclic) bond motifs is 5. The van der Waals surface area contributed by atoms with Crippen LogP contribution in [0.5, 0.6) is 11.5 Å². The molecule has 336 valence electrons. The first-order valence-corrected chi connectivity index (χ1v) is 22.7. The Morgan fingerprint density at radius 3 is 2.07 bits per heavy atom. The van der Waals surface area contributed by atoms with Gasteiger partial charge in [0.15, 0.2) is 5.78 Å². The Bertz CT molecular complexity index is 1800. The molecule has 13 nitrogen and oxygen atoms in total. The van der Waals surface area contributed by atoms with Crippen molar-refractivity contribution >= 4 is 29.1 Å². The third-order valence-electron chi connectivity index (χ3n) is 11.6. The Kier molecular flexibility index (Phi) is 20.9. The summed E-state index contributed by atoms with van der Waals surface area (Å²) in [5.41, 5.74) is 21.0. The number of carbonyl (C=O) groups excluding carboxylic acids is 4. The first-order chi connectivity index (χ1) is 29.5. The summed E-state index contributed by atoms with van der Waals surface area (Å²) in [6, 6.07) is 9.45. The molecule has 2 heterocycles. The molecule has 2 aromatic carbocycles. The van der Waals surface area contributed by atoms with E-state index in [0.29, 0.717) is 65.3 Å². The molecule has 2 amide bonds. The lowest BCUT2D eigenvalue weighted by Crippen LogP contribution is -2.45. The molecule has 2 aromatic rings. The van der Waals surface area contributed by atoms with Gasteiger partial charge in [-0.3, -0.25) is 19.2 Å². The Morgan fingerprint density at radius 2 is 1.48 bits per heavy atom. The zero-order valence-electron chi connectivity index (χ0n) is 37.0. The van der Waals surface area contributed by atoms with Crippen LogP contribution in [0.3, 0.4) is 0 Å². The van der Waals surface area contributed by atoms with E-state index in [9.17, 15) is 19.2 Å². The van der Waals surface area contributed by atoms with Gasteiger partial charge in [0.2, 0.25) is 11.8 Å². The van der Waals surface area contributed by atoms with Crippen molar-refractivity contribution in [2.45, 2.75) is 135 Å². The van der Waals surface area contributed by atoms with Gasteiger partial charge in [-0.2, -0.15) is 0 Å². The fourth-order valence-corrected chi connectivity index (χ4v) is 8.23. The molecule has 0 saturated carbocycles. The number of hydrogen-bond donors (Lipinski definition) is 4. The van der Waals surface area contributed by atoms with Crippen LogP contribution < -0.4 is 32.0 Å². The van der Waals surface area contributed by atoms with Crippen molar-refractivity contribution < 1.29 is 33.5 Å². The number of ketones is 2. The number of rotatable bonds is 25. The van der Waals surface area contributed by atoms with Crippen LogP contribution in [0.25, 0.3) is 11.1 Å². The van der Waals surface area contributed by atoms with Crippen LogP contribution in [0, 0.1) is 11.8 Å². The minimum atomic E-state index is -1.10. The van der Waals surface area contributed by atoms with Crippen molar-refractivity contribution in [3.8, 4) is 22.6 Å². The lowest BCUT2D eigenvalue weighted by atomic mass is 9.88. The molecule has 2 aliphatic heterocycles. The number of nitrogens with zero attached hydrogens (tertiary/aromatic N) is 2. The maximum atomic E-state index is 14.6. The van der Waals surface area contributed by atoms with Crippen molar-refractivity contribution in [3.63, 3.8) is 0 Å². The molecule has 0 aliphatic carbocycles. The number of carbonyl (C=O) groups is 4. The highest BCUT2D eigenvalue weighted by atomic mass is 16.6. The second kappa shape index (κ2) is 26.0. The average molecular weight is 845 g/mol. The Balaban J connectivity index is 1.64.